The van der Waals surface area contributed by atoms with Gasteiger partial charge in [-0.2, -0.15) is 0 Å². The first-order chi connectivity index (χ1) is 13.1. The van der Waals surface area contributed by atoms with Crippen molar-refractivity contribution in [2.75, 3.05) is 37.3 Å². The molecule has 0 aliphatic carbocycles. The minimum atomic E-state index is 0.197. The van der Waals surface area contributed by atoms with Crippen LogP contribution in [-0.4, -0.2) is 48.2 Å². The van der Waals surface area contributed by atoms with Gasteiger partial charge in [-0.1, -0.05) is 35.1 Å². The Labute approximate surface area is 172 Å². The molecule has 3 aromatic rings. The maximum absolute atomic E-state index is 12.6. The number of carbonyl (C=O) groups is 1. The molecule has 0 atom stereocenters. The number of piperazine rings is 1. The average Bonchev–Trinajstić information content (AvgIpc) is 3.12. The Morgan fingerprint density at radius 2 is 1.89 bits per heavy atom. The van der Waals surface area contributed by atoms with E-state index in [1.807, 2.05) is 35.2 Å². The fourth-order valence-corrected chi connectivity index (χ4v) is 4.90. The molecule has 0 radical (unpaired) electrons. The molecular formula is C20H20ClN3OS2. The number of halogens is 1. The molecule has 1 fully saturated rings. The summed E-state index contributed by atoms with van der Waals surface area (Å²) in [5, 5.41) is 1.74. The highest BCUT2D eigenvalue weighted by Crippen LogP contribution is 2.31. The number of hydrogen-bond acceptors (Lipinski definition) is 5. The molecule has 1 aromatic heterocycles. The van der Waals surface area contributed by atoms with Gasteiger partial charge >= 0.3 is 0 Å². The zero-order valence-corrected chi connectivity index (χ0v) is 17.4. The minimum absolute atomic E-state index is 0.197. The summed E-state index contributed by atoms with van der Waals surface area (Å²) in [6, 6.07) is 14.0. The molecule has 1 aliphatic heterocycles. The summed E-state index contributed by atoms with van der Waals surface area (Å²) in [6.07, 6.45) is 2.52. The number of thioether (sulfide) groups is 1. The summed E-state index contributed by atoms with van der Waals surface area (Å²) in [5.74, 6) is 0.197. The van der Waals surface area contributed by atoms with Crippen LogP contribution >= 0.6 is 34.7 Å². The Morgan fingerprint density at radius 1 is 1.15 bits per heavy atom. The summed E-state index contributed by atoms with van der Waals surface area (Å²) in [4.78, 5) is 22.8. The lowest BCUT2D eigenvalue weighted by Crippen LogP contribution is -2.49. The van der Waals surface area contributed by atoms with Crippen molar-refractivity contribution >= 4 is 56.0 Å². The number of amides is 1. The molecule has 2 heterocycles. The minimum Gasteiger partial charge on any atom is -0.345 e. The molecule has 1 saturated heterocycles. The Balaban J connectivity index is 1.36. The second kappa shape index (κ2) is 8.09. The van der Waals surface area contributed by atoms with Crippen LogP contribution in [-0.2, 0) is 11.2 Å². The lowest BCUT2D eigenvalue weighted by atomic mass is 10.1. The fraction of sp³-hybridized carbons (Fsp3) is 0.300. The van der Waals surface area contributed by atoms with E-state index in [-0.39, 0.29) is 5.91 Å². The van der Waals surface area contributed by atoms with Gasteiger partial charge in [0.15, 0.2) is 5.13 Å². The van der Waals surface area contributed by atoms with Crippen LogP contribution in [0.1, 0.15) is 5.56 Å². The van der Waals surface area contributed by atoms with Crippen molar-refractivity contribution in [3.8, 4) is 0 Å². The van der Waals surface area contributed by atoms with Crippen LogP contribution in [0.5, 0.6) is 0 Å². The van der Waals surface area contributed by atoms with E-state index in [0.29, 0.717) is 6.42 Å². The van der Waals surface area contributed by atoms with Crippen molar-refractivity contribution in [1.29, 1.82) is 0 Å². The van der Waals surface area contributed by atoms with Crippen LogP contribution in [0.3, 0.4) is 0 Å². The lowest BCUT2D eigenvalue weighted by molar-refractivity contribution is -0.130. The topological polar surface area (TPSA) is 36.4 Å². The maximum Gasteiger partial charge on any atom is 0.227 e. The molecular weight excluding hydrogens is 398 g/mol. The fourth-order valence-electron chi connectivity index (χ4n) is 3.20. The van der Waals surface area contributed by atoms with E-state index in [1.165, 1.54) is 4.90 Å². The van der Waals surface area contributed by atoms with Gasteiger partial charge in [0.05, 0.1) is 16.6 Å². The first-order valence-corrected chi connectivity index (χ1v) is 11.3. The molecule has 0 spiro atoms. The standard InChI is InChI=1S/C20H20ClN3OS2/c1-26-16-5-2-14(3-6-16)12-19(25)23-8-10-24(11-9-23)20-22-17-7-4-15(21)13-18(17)27-20/h2-7,13H,8-12H2,1H3. The van der Waals surface area contributed by atoms with Crippen LogP contribution in [0.25, 0.3) is 10.2 Å². The van der Waals surface area contributed by atoms with Crippen LogP contribution in [0.4, 0.5) is 5.13 Å². The van der Waals surface area contributed by atoms with Crippen molar-refractivity contribution in [3.63, 3.8) is 0 Å². The molecule has 4 rings (SSSR count). The molecule has 27 heavy (non-hydrogen) atoms. The summed E-state index contributed by atoms with van der Waals surface area (Å²) in [6.45, 7) is 3.09. The number of carbonyl (C=O) groups excluding carboxylic acids is 1. The van der Waals surface area contributed by atoms with E-state index < -0.39 is 0 Å². The van der Waals surface area contributed by atoms with Crippen LogP contribution in [0.2, 0.25) is 5.02 Å². The van der Waals surface area contributed by atoms with Crippen LogP contribution in [0, 0.1) is 0 Å². The van der Waals surface area contributed by atoms with Crippen LogP contribution in [0.15, 0.2) is 47.4 Å². The SMILES string of the molecule is CSc1ccc(CC(=O)N2CCN(c3nc4ccc(Cl)cc4s3)CC2)cc1. The molecule has 0 unspecified atom stereocenters. The Morgan fingerprint density at radius 3 is 2.59 bits per heavy atom. The monoisotopic (exact) mass is 417 g/mol. The van der Waals surface area contributed by atoms with E-state index in [0.717, 1.165) is 52.1 Å². The normalized spacial score (nSPS) is 14.7. The van der Waals surface area contributed by atoms with Gasteiger partial charge in [-0.25, -0.2) is 4.98 Å². The van der Waals surface area contributed by atoms with Gasteiger partial charge in [0, 0.05) is 36.1 Å². The van der Waals surface area contributed by atoms with Crippen molar-refractivity contribution in [2.24, 2.45) is 0 Å². The summed E-state index contributed by atoms with van der Waals surface area (Å²) < 4.78 is 1.10. The Bertz CT molecular complexity index is 950. The molecule has 4 nitrogen and oxygen atoms in total. The van der Waals surface area contributed by atoms with Crippen LogP contribution < -0.4 is 4.90 Å². The zero-order valence-electron chi connectivity index (χ0n) is 15.0. The highest BCUT2D eigenvalue weighted by atomic mass is 35.5. The number of benzene rings is 2. The van der Waals surface area contributed by atoms with E-state index in [1.54, 1.807) is 23.1 Å². The number of nitrogens with zero attached hydrogens (tertiary/aromatic N) is 3. The first kappa shape index (κ1) is 18.6. The number of thiazole rings is 1. The molecule has 2 aromatic carbocycles. The number of rotatable bonds is 4. The molecule has 0 N–H and O–H groups in total. The number of anilines is 1. The third-order valence-electron chi connectivity index (χ3n) is 4.76. The highest BCUT2D eigenvalue weighted by Gasteiger charge is 2.23. The van der Waals surface area contributed by atoms with Gasteiger partial charge in [0.25, 0.3) is 0 Å². The lowest BCUT2D eigenvalue weighted by Gasteiger charge is -2.34. The third-order valence-corrected chi connectivity index (χ3v) is 6.81. The number of hydrogen-bond donors (Lipinski definition) is 0. The Hall–Kier alpha value is -1.76. The predicted octanol–water partition coefficient (Wildman–Crippen LogP) is 4.56. The largest absolute Gasteiger partial charge is 0.345 e. The highest BCUT2D eigenvalue weighted by molar-refractivity contribution is 7.98. The van der Waals surface area contributed by atoms with Gasteiger partial charge in [-0.05, 0) is 42.2 Å². The smallest absolute Gasteiger partial charge is 0.227 e. The van der Waals surface area contributed by atoms with Gasteiger partial charge in [0.1, 0.15) is 0 Å². The van der Waals surface area contributed by atoms with Crippen molar-refractivity contribution in [1.82, 2.24) is 9.88 Å². The second-order valence-electron chi connectivity index (χ2n) is 6.50. The van der Waals surface area contributed by atoms with Gasteiger partial charge < -0.3 is 9.80 Å². The maximum atomic E-state index is 12.6. The van der Waals surface area contributed by atoms with E-state index in [9.17, 15) is 4.79 Å². The van der Waals surface area contributed by atoms with Gasteiger partial charge in [-0.3, -0.25) is 4.79 Å². The van der Waals surface area contributed by atoms with E-state index >= 15 is 0 Å². The van der Waals surface area contributed by atoms with Crippen molar-refractivity contribution in [3.05, 3.63) is 53.1 Å². The van der Waals surface area contributed by atoms with Gasteiger partial charge in [-0.15, -0.1) is 11.8 Å². The first-order valence-electron chi connectivity index (χ1n) is 8.84. The molecule has 1 aliphatic rings. The number of fused-ring (bicyclic) bond motifs is 1. The molecule has 7 heteroatoms. The Kier molecular flexibility index (Phi) is 5.57. The zero-order chi connectivity index (χ0) is 18.8. The number of aromatic nitrogens is 1. The second-order valence-corrected chi connectivity index (χ2v) is 8.83. The molecule has 140 valence electrons. The third kappa shape index (κ3) is 4.23. The quantitative estimate of drug-likeness (QED) is 0.583. The molecule has 1 amide bonds. The van der Waals surface area contributed by atoms with Crippen molar-refractivity contribution < 1.29 is 4.79 Å². The summed E-state index contributed by atoms with van der Waals surface area (Å²) in [7, 11) is 0. The van der Waals surface area contributed by atoms with Gasteiger partial charge in [0.2, 0.25) is 5.91 Å². The average molecular weight is 418 g/mol. The molecule has 0 bridgehead atoms. The van der Waals surface area contributed by atoms with E-state index in [4.69, 9.17) is 16.6 Å². The predicted molar refractivity (Wildman–Crippen MR) is 115 cm³/mol. The van der Waals surface area contributed by atoms with E-state index in [2.05, 4.69) is 23.3 Å². The summed E-state index contributed by atoms with van der Waals surface area (Å²) in [5.41, 5.74) is 2.05. The summed E-state index contributed by atoms with van der Waals surface area (Å²) >= 11 is 9.44. The molecule has 0 saturated carbocycles. The van der Waals surface area contributed by atoms with Crippen molar-refractivity contribution in [2.45, 2.75) is 11.3 Å².